The molecule has 136 valence electrons. The van der Waals surface area contributed by atoms with E-state index < -0.39 is 5.91 Å². The van der Waals surface area contributed by atoms with Crippen molar-refractivity contribution >= 4 is 34.1 Å². The first-order valence-electron chi connectivity index (χ1n) is 8.63. The fourth-order valence-corrected chi connectivity index (χ4v) is 3.34. The van der Waals surface area contributed by atoms with Crippen LogP contribution in [0.25, 0.3) is 10.9 Å². The Bertz CT molecular complexity index is 998. The fraction of sp³-hybridized carbons (Fsp3) is 0.150. The number of nitrogens with zero attached hydrogens (tertiary/aromatic N) is 2. The lowest BCUT2D eigenvalue weighted by Crippen LogP contribution is -2.33. The number of hydroxylamine groups is 1. The molecule has 1 atom stereocenters. The molecule has 1 unspecified atom stereocenters. The Balaban J connectivity index is 1.52. The topological polar surface area (TPSA) is 94.6 Å². The molecule has 1 fully saturated rings. The zero-order chi connectivity index (χ0) is 18.8. The molecule has 4 rings (SSSR count). The largest absolute Gasteiger partial charge is 0.374 e. The second-order valence-corrected chi connectivity index (χ2v) is 6.35. The molecule has 3 N–H and O–H groups in total. The van der Waals surface area contributed by atoms with Crippen LogP contribution in [0.4, 0.5) is 11.4 Å². The van der Waals surface area contributed by atoms with Crippen molar-refractivity contribution < 1.29 is 14.8 Å². The molecule has 7 nitrogen and oxygen atoms in total. The second kappa shape index (κ2) is 7.05. The van der Waals surface area contributed by atoms with Crippen molar-refractivity contribution in [2.24, 2.45) is 0 Å². The number of rotatable bonds is 4. The molecule has 1 aliphatic rings. The van der Waals surface area contributed by atoms with Gasteiger partial charge in [0.05, 0.1) is 11.2 Å². The van der Waals surface area contributed by atoms with Crippen molar-refractivity contribution in [3.8, 4) is 0 Å². The lowest BCUT2D eigenvalue weighted by atomic mass is 10.1. The van der Waals surface area contributed by atoms with Gasteiger partial charge in [0.15, 0.2) is 0 Å². The van der Waals surface area contributed by atoms with Crippen LogP contribution in [0, 0.1) is 0 Å². The van der Waals surface area contributed by atoms with E-state index in [9.17, 15) is 9.59 Å². The van der Waals surface area contributed by atoms with Crippen molar-refractivity contribution in [2.75, 3.05) is 16.8 Å². The van der Waals surface area contributed by atoms with Gasteiger partial charge < -0.3 is 10.2 Å². The predicted octanol–water partition coefficient (Wildman–Crippen LogP) is 2.57. The average Bonchev–Trinajstić information content (AvgIpc) is 3.07. The van der Waals surface area contributed by atoms with Crippen LogP contribution < -0.4 is 15.7 Å². The van der Waals surface area contributed by atoms with Gasteiger partial charge >= 0.3 is 0 Å². The highest BCUT2D eigenvalue weighted by Crippen LogP contribution is 2.29. The molecule has 2 amide bonds. The molecule has 1 saturated heterocycles. The maximum atomic E-state index is 12.9. The molecule has 0 saturated carbocycles. The molecule has 3 aromatic rings. The molecule has 0 spiro atoms. The summed E-state index contributed by atoms with van der Waals surface area (Å²) in [5.41, 5.74) is 4.30. The van der Waals surface area contributed by atoms with Gasteiger partial charge in [-0.1, -0.05) is 18.2 Å². The van der Waals surface area contributed by atoms with E-state index in [0.717, 1.165) is 22.3 Å². The number of nitrogens with one attached hydrogen (secondary N) is 2. The average molecular weight is 362 g/mol. The van der Waals surface area contributed by atoms with Crippen LogP contribution in [0.1, 0.15) is 16.8 Å². The second-order valence-electron chi connectivity index (χ2n) is 6.35. The Labute approximate surface area is 155 Å². The molecule has 27 heavy (non-hydrogen) atoms. The maximum absolute atomic E-state index is 12.9. The molecule has 0 bridgehead atoms. The number of benzene rings is 2. The van der Waals surface area contributed by atoms with Crippen LogP contribution in [0.3, 0.4) is 0 Å². The van der Waals surface area contributed by atoms with Gasteiger partial charge in [0, 0.05) is 29.4 Å². The third-order valence-electron chi connectivity index (χ3n) is 4.70. The van der Waals surface area contributed by atoms with E-state index >= 15 is 0 Å². The van der Waals surface area contributed by atoms with E-state index in [1.807, 2.05) is 30.3 Å². The number of hydrogen-bond acceptors (Lipinski definition) is 5. The summed E-state index contributed by atoms with van der Waals surface area (Å²) in [6, 6.07) is 15.9. The van der Waals surface area contributed by atoms with E-state index in [4.69, 9.17) is 5.21 Å². The number of hydrogen-bond donors (Lipinski definition) is 3. The third kappa shape index (κ3) is 3.20. The van der Waals surface area contributed by atoms with E-state index in [0.29, 0.717) is 18.5 Å². The van der Waals surface area contributed by atoms with Crippen LogP contribution in [0.5, 0.6) is 0 Å². The Morgan fingerprint density at radius 3 is 2.67 bits per heavy atom. The SMILES string of the molecule is O=C(NO)c1ccc(NC2CCN(c3cccc4cccnc34)C2=O)cc1. The van der Waals surface area contributed by atoms with Gasteiger partial charge in [0.2, 0.25) is 5.91 Å². The molecule has 1 aromatic heterocycles. The summed E-state index contributed by atoms with van der Waals surface area (Å²) < 4.78 is 0. The standard InChI is InChI=1S/C20H18N4O3/c25-19(23-27)14-6-8-15(9-7-14)22-16-10-12-24(20(16)26)17-5-1-3-13-4-2-11-21-18(13)17/h1-9,11,16,22,27H,10,12H2,(H,23,25). The lowest BCUT2D eigenvalue weighted by molar-refractivity contribution is -0.117. The quantitative estimate of drug-likeness (QED) is 0.490. The highest BCUT2D eigenvalue weighted by molar-refractivity contribution is 6.06. The van der Waals surface area contributed by atoms with Crippen molar-refractivity contribution in [1.29, 1.82) is 0 Å². The summed E-state index contributed by atoms with van der Waals surface area (Å²) in [7, 11) is 0. The first kappa shape index (κ1) is 17.0. The number of anilines is 2. The summed E-state index contributed by atoms with van der Waals surface area (Å²) in [5, 5.41) is 12.9. The van der Waals surface area contributed by atoms with Gasteiger partial charge in [-0.05, 0) is 42.8 Å². The summed E-state index contributed by atoms with van der Waals surface area (Å²) >= 11 is 0. The smallest absolute Gasteiger partial charge is 0.274 e. The normalized spacial score (nSPS) is 16.6. The Kier molecular flexibility index (Phi) is 4.43. The van der Waals surface area contributed by atoms with E-state index in [1.165, 1.54) is 0 Å². The predicted molar refractivity (Wildman–Crippen MR) is 102 cm³/mol. The van der Waals surface area contributed by atoms with Crippen LogP contribution in [-0.4, -0.2) is 34.6 Å². The van der Waals surface area contributed by atoms with Gasteiger partial charge in [-0.3, -0.25) is 19.8 Å². The van der Waals surface area contributed by atoms with E-state index in [2.05, 4.69) is 10.3 Å². The number of aromatic nitrogens is 1. The molecule has 2 aromatic carbocycles. The monoisotopic (exact) mass is 362 g/mol. The minimum absolute atomic E-state index is 0.00895. The molecule has 2 heterocycles. The van der Waals surface area contributed by atoms with Crippen molar-refractivity contribution in [1.82, 2.24) is 10.5 Å². The lowest BCUT2D eigenvalue weighted by Gasteiger charge is -2.19. The zero-order valence-electron chi connectivity index (χ0n) is 14.4. The zero-order valence-corrected chi connectivity index (χ0v) is 14.4. The van der Waals surface area contributed by atoms with E-state index in [-0.39, 0.29) is 11.9 Å². The van der Waals surface area contributed by atoms with Gasteiger partial charge in [0.25, 0.3) is 5.91 Å². The first-order valence-corrected chi connectivity index (χ1v) is 8.63. The van der Waals surface area contributed by atoms with Crippen LogP contribution >= 0.6 is 0 Å². The molecular formula is C20H18N4O3. The number of fused-ring (bicyclic) bond motifs is 1. The Morgan fingerprint density at radius 2 is 1.89 bits per heavy atom. The third-order valence-corrected chi connectivity index (χ3v) is 4.70. The number of carbonyl (C=O) groups is 2. The Morgan fingerprint density at radius 1 is 1.11 bits per heavy atom. The molecule has 0 aliphatic carbocycles. The van der Waals surface area contributed by atoms with Gasteiger partial charge in [0.1, 0.15) is 6.04 Å². The number of carbonyl (C=O) groups excluding carboxylic acids is 2. The summed E-state index contributed by atoms with van der Waals surface area (Å²) in [6.07, 6.45) is 2.40. The van der Waals surface area contributed by atoms with Crippen LogP contribution in [-0.2, 0) is 4.79 Å². The molecular weight excluding hydrogens is 344 g/mol. The summed E-state index contributed by atoms with van der Waals surface area (Å²) in [6.45, 7) is 0.608. The molecule has 0 radical (unpaired) electrons. The number of pyridine rings is 1. The minimum Gasteiger partial charge on any atom is -0.374 e. The maximum Gasteiger partial charge on any atom is 0.274 e. The van der Waals surface area contributed by atoms with Crippen molar-refractivity contribution in [3.63, 3.8) is 0 Å². The van der Waals surface area contributed by atoms with Crippen LogP contribution in [0.2, 0.25) is 0 Å². The molecule has 1 aliphatic heterocycles. The fourth-order valence-electron chi connectivity index (χ4n) is 3.34. The van der Waals surface area contributed by atoms with Gasteiger partial charge in [-0.2, -0.15) is 0 Å². The molecule has 7 heteroatoms. The number of amides is 2. The Hall–Kier alpha value is -3.45. The van der Waals surface area contributed by atoms with Crippen LogP contribution in [0.15, 0.2) is 60.8 Å². The van der Waals surface area contributed by atoms with Crippen molar-refractivity contribution in [3.05, 3.63) is 66.4 Å². The highest BCUT2D eigenvalue weighted by atomic mass is 16.5. The summed E-state index contributed by atoms with van der Waals surface area (Å²) in [4.78, 5) is 30.5. The minimum atomic E-state index is -0.576. The van der Waals surface area contributed by atoms with Crippen molar-refractivity contribution in [2.45, 2.75) is 12.5 Å². The van der Waals surface area contributed by atoms with Gasteiger partial charge in [-0.15, -0.1) is 0 Å². The first-order chi connectivity index (χ1) is 13.2. The summed E-state index contributed by atoms with van der Waals surface area (Å²) in [5.74, 6) is -0.585. The van der Waals surface area contributed by atoms with E-state index in [1.54, 1.807) is 40.8 Å². The van der Waals surface area contributed by atoms with Gasteiger partial charge in [-0.25, -0.2) is 5.48 Å². The number of para-hydroxylation sites is 1. The highest BCUT2D eigenvalue weighted by Gasteiger charge is 2.33.